The molecule has 18 heavy (non-hydrogen) atoms. The fourth-order valence-corrected chi connectivity index (χ4v) is 2.21. The van der Waals surface area contributed by atoms with Gasteiger partial charge in [-0.05, 0) is 18.6 Å². The normalized spacial score (nSPS) is 20.9. The predicted molar refractivity (Wildman–Crippen MR) is 67.2 cm³/mol. The smallest absolute Gasteiger partial charge is 0.176 e. The second kappa shape index (κ2) is 6.07. The summed E-state index contributed by atoms with van der Waals surface area (Å²) in [4.78, 5) is 14.2. The lowest BCUT2D eigenvalue weighted by molar-refractivity contribution is -0.00586. The fraction of sp³-hybridized carbons (Fsp3) is 0.500. The van der Waals surface area contributed by atoms with E-state index >= 15 is 0 Å². The molecule has 1 aromatic carbocycles. The molecule has 0 aliphatic carbocycles. The van der Waals surface area contributed by atoms with Crippen molar-refractivity contribution in [2.24, 2.45) is 0 Å². The van der Waals surface area contributed by atoms with E-state index in [4.69, 9.17) is 4.74 Å². The SMILES string of the molecule is CCC1COCCN1CC(=O)c1cccc(F)c1. The van der Waals surface area contributed by atoms with Gasteiger partial charge in [0.1, 0.15) is 5.82 Å². The first-order valence-corrected chi connectivity index (χ1v) is 6.31. The van der Waals surface area contributed by atoms with Gasteiger partial charge in [-0.15, -0.1) is 0 Å². The number of ether oxygens (including phenoxy) is 1. The topological polar surface area (TPSA) is 29.5 Å². The molecular weight excluding hydrogens is 233 g/mol. The van der Waals surface area contributed by atoms with Crippen molar-refractivity contribution in [1.29, 1.82) is 0 Å². The van der Waals surface area contributed by atoms with Crippen molar-refractivity contribution in [2.75, 3.05) is 26.3 Å². The Labute approximate surface area is 107 Å². The molecule has 0 N–H and O–H groups in total. The highest BCUT2D eigenvalue weighted by molar-refractivity contribution is 5.97. The van der Waals surface area contributed by atoms with Crippen molar-refractivity contribution >= 4 is 5.78 Å². The summed E-state index contributed by atoms with van der Waals surface area (Å²) < 4.78 is 18.5. The molecule has 1 fully saturated rings. The Morgan fingerprint density at radius 1 is 1.56 bits per heavy atom. The van der Waals surface area contributed by atoms with Gasteiger partial charge in [0, 0.05) is 18.2 Å². The zero-order chi connectivity index (χ0) is 13.0. The van der Waals surface area contributed by atoms with E-state index < -0.39 is 0 Å². The van der Waals surface area contributed by atoms with E-state index in [2.05, 4.69) is 11.8 Å². The zero-order valence-electron chi connectivity index (χ0n) is 10.6. The van der Waals surface area contributed by atoms with E-state index in [1.807, 2.05) is 0 Å². The van der Waals surface area contributed by atoms with Crippen LogP contribution in [-0.2, 0) is 4.74 Å². The number of Topliss-reactive ketones (excluding diaryl/α,β-unsaturated/α-hetero) is 1. The van der Waals surface area contributed by atoms with E-state index in [0.29, 0.717) is 25.3 Å². The number of carbonyl (C=O) groups is 1. The minimum absolute atomic E-state index is 0.0325. The summed E-state index contributed by atoms with van der Waals surface area (Å²) in [6.45, 7) is 4.52. The maximum Gasteiger partial charge on any atom is 0.176 e. The van der Waals surface area contributed by atoms with E-state index in [1.54, 1.807) is 12.1 Å². The van der Waals surface area contributed by atoms with Gasteiger partial charge >= 0.3 is 0 Å². The Hall–Kier alpha value is -1.26. The minimum Gasteiger partial charge on any atom is -0.378 e. The van der Waals surface area contributed by atoms with Gasteiger partial charge in [0.2, 0.25) is 0 Å². The standard InChI is InChI=1S/C14H18FNO2/c1-2-13-10-18-7-6-16(13)9-14(17)11-4-3-5-12(15)8-11/h3-5,8,13H,2,6-7,9-10H2,1H3. The molecule has 2 rings (SSSR count). The Morgan fingerprint density at radius 2 is 2.39 bits per heavy atom. The first kappa shape index (κ1) is 13.2. The van der Waals surface area contributed by atoms with E-state index in [1.165, 1.54) is 12.1 Å². The maximum absolute atomic E-state index is 13.1. The van der Waals surface area contributed by atoms with Crippen LogP contribution in [0.15, 0.2) is 24.3 Å². The average Bonchev–Trinajstić information content (AvgIpc) is 2.39. The molecule has 1 saturated heterocycles. The van der Waals surface area contributed by atoms with Crippen LogP contribution in [0.5, 0.6) is 0 Å². The van der Waals surface area contributed by atoms with E-state index in [0.717, 1.165) is 13.0 Å². The molecule has 0 saturated carbocycles. The van der Waals surface area contributed by atoms with Crippen LogP contribution in [0.4, 0.5) is 4.39 Å². The van der Waals surface area contributed by atoms with Gasteiger partial charge in [-0.1, -0.05) is 19.1 Å². The lowest BCUT2D eigenvalue weighted by Crippen LogP contribution is -2.47. The van der Waals surface area contributed by atoms with Crippen molar-refractivity contribution < 1.29 is 13.9 Å². The first-order valence-electron chi connectivity index (χ1n) is 6.31. The van der Waals surface area contributed by atoms with Gasteiger partial charge < -0.3 is 4.74 Å². The third-order valence-electron chi connectivity index (χ3n) is 3.31. The first-order chi connectivity index (χ1) is 8.70. The molecule has 3 nitrogen and oxygen atoms in total. The van der Waals surface area contributed by atoms with Crippen LogP contribution in [0.25, 0.3) is 0 Å². The third-order valence-corrected chi connectivity index (χ3v) is 3.31. The van der Waals surface area contributed by atoms with Crippen molar-refractivity contribution in [2.45, 2.75) is 19.4 Å². The molecule has 1 aromatic rings. The molecule has 1 aliphatic heterocycles. The summed E-state index contributed by atoms with van der Waals surface area (Å²) in [6, 6.07) is 6.16. The van der Waals surface area contributed by atoms with Crippen molar-refractivity contribution in [3.05, 3.63) is 35.6 Å². The number of ketones is 1. The molecule has 98 valence electrons. The molecule has 1 heterocycles. The Kier molecular flexibility index (Phi) is 4.44. The van der Waals surface area contributed by atoms with Gasteiger partial charge in [-0.3, -0.25) is 9.69 Å². The van der Waals surface area contributed by atoms with Crippen molar-refractivity contribution in [1.82, 2.24) is 4.90 Å². The van der Waals surface area contributed by atoms with Crippen LogP contribution < -0.4 is 0 Å². The second-order valence-corrected chi connectivity index (χ2v) is 4.54. The van der Waals surface area contributed by atoms with Gasteiger partial charge in [-0.25, -0.2) is 4.39 Å². The number of hydrogen-bond acceptors (Lipinski definition) is 3. The zero-order valence-corrected chi connectivity index (χ0v) is 10.6. The molecule has 0 radical (unpaired) electrons. The van der Waals surface area contributed by atoms with Crippen molar-refractivity contribution in [3.63, 3.8) is 0 Å². The lowest BCUT2D eigenvalue weighted by Gasteiger charge is -2.34. The predicted octanol–water partition coefficient (Wildman–Crippen LogP) is 2.12. The van der Waals surface area contributed by atoms with Crippen LogP contribution in [0.1, 0.15) is 23.7 Å². The molecule has 1 unspecified atom stereocenters. The molecule has 0 aromatic heterocycles. The molecule has 0 spiro atoms. The number of morpholine rings is 1. The van der Waals surface area contributed by atoms with Crippen LogP contribution in [-0.4, -0.2) is 43.0 Å². The number of rotatable bonds is 4. The van der Waals surface area contributed by atoms with E-state index in [-0.39, 0.29) is 17.6 Å². The van der Waals surface area contributed by atoms with Crippen LogP contribution in [0.3, 0.4) is 0 Å². The van der Waals surface area contributed by atoms with Gasteiger partial charge in [-0.2, -0.15) is 0 Å². The van der Waals surface area contributed by atoms with Gasteiger partial charge in [0.05, 0.1) is 19.8 Å². The monoisotopic (exact) mass is 251 g/mol. The summed E-state index contributed by atoms with van der Waals surface area (Å²) >= 11 is 0. The summed E-state index contributed by atoms with van der Waals surface area (Å²) in [5.41, 5.74) is 0.441. The number of benzene rings is 1. The van der Waals surface area contributed by atoms with Crippen LogP contribution >= 0.6 is 0 Å². The van der Waals surface area contributed by atoms with Crippen molar-refractivity contribution in [3.8, 4) is 0 Å². The summed E-state index contributed by atoms with van der Waals surface area (Å²) in [5.74, 6) is -0.398. The lowest BCUT2D eigenvalue weighted by atomic mass is 10.1. The number of nitrogens with zero attached hydrogens (tertiary/aromatic N) is 1. The number of halogens is 1. The van der Waals surface area contributed by atoms with Gasteiger partial charge in [0.25, 0.3) is 0 Å². The molecule has 1 aliphatic rings. The third kappa shape index (κ3) is 3.15. The minimum atomic E-state index is -0.366. The Balaban J connectivity index is 2.02. The highest BCUT2D eigenvalue weighted by atomic mass is 19.1. The second-order valence-electron chi connectivity index (χ2n) is 4.54. The highest BCUT2D eigenvalue weighted by Crippen LogP contribution is 2.12. The van der Waals surface area contributed by atoms with Crippen LogP contribution in [0, 0.1) is 5.82 Å². The largest absolute Gasteiger partial charge is 0.378 e. The molecule has 0 amide bonds. The Bertz CT molecular complexity index is 422. The summed E-state index contributed by atoms with van der Waals surface area (Å²) in [6.07, 6.45) is 0.955. The maximum atomic E-state index is 13.1. The Morgan fingerprint density at radius 3 is 3.11 bits per heavy atom. The number of carbonyl (C=O) groups excluding carboxylic acids is 1. The molecule has 1 atom stereocenters. The van der Waals surface area contributed by atoms with Gasteiger partial charge in [0.15, 0.2) is 5.78 Å². The van der Waals surface area contributed by atoms with E-state index in [9.17, 15) is 9.18 Å². The summed E-state index contributed by atoms with van der Waals surface area (Å²) in [5, 5.41) is 0. The quantitative estimate of drug-likeness (QED) is 0.768. The fourth-order valence-electron chi connectivity index (χ4n) is 2.21. The molecule has 0 bridgehead atoms. The average molecular weight is 251 g/mol. The molecule has 4 heteroatoms. The molecular formula is C14H18FNO2. The number of hydrogen-bond donors (Lipinski definition) is 0. The highest BCUT2D eigenvalue weighted by Gasteiger charge is 2.23. The van der Waals surface area contributed by atoms with Crippen LogP contribution in [0.2, 0.25) is 0 Å². The summed E-state index contributed by atoms with van der Waals surface area (Å²) in [7, 11) is 0.